The summed E-state index contributed by atoms with van der Waals surface area (Å²) in [6.45, 7) is 18.1. The van der Waals surface area contributed by atoms with Crippen LogP contribution in [0, 0.1) is 0 Å². The zero-order chi connectivity index (χ0) is 17.9. The zero-order valence-corrected chi connectivity index (χ0v) is 17.4. The summed E-state index contributed by atoms with van der Waals surface area (Å²) in [5, 5.41) is 0. The summed E-state index contributed by atoms with van der Waals surface area (Å²) in [4.78, 5) is 10.2. The summed E-state index contributed by atoms with van der Waals surface area (Å²) >= 11 is 0. The zero-order valence-electron chi connectivity index (χ0n) is 17.4. The van der Waals surface area contributed by atoms with Gasteiger partial charge in [-0.05, 0) is 86.0 Å². The van der Waals surface area contributed by atoms with E-state index in [9.17, 15) is 0 Å². The first kappa shape index (κ1) is 24.6. The van der Waals surface area contributed by atoms with E-state index in [1.807, 2.05) is 13.8 Å². The van der Waals surface area contributed by atoms with Gasteiger partial charge in [-0.3, -0.25) is 4.99 Å². The summed E-state index contributed by atoms with van der Waals surface area (Å²) in [6.07, 6.45) is 9.66. The minimum Gasteiger partial charge on any atom is -0.300 e. The van der Waals surface area contributed by atoms with E-state index in [1.165, 1.54) is 76.8 Å². The molecule has 2 aliphatic rings. The Bertz CT molecular complexity index is 333. The number of hydrogen-bond acceptors (Lipinski definition) is 3. The topological polar surface area (TPSA) is 18.8 Å². The summed E-state index contributed by atoms with van der Waals surface area (Å²) in [5.74, 6) is 0. The molecule has 2 unspecified atom stereocenters. The van der Waals surface area contributed by atoms with Crippen LogP contribution in [0.25, 0.3) is 0 Å². The van der Waals surface area contributed by atoms with E-state index in [0.29, 0.717) is 12.1 Å². The average Bonchev–Trinajstić information content (AvgIpc) is 2.85. The second-order valence-corrected chi connectivity index (χ2v) is 7.73. The molecule has 0 aliphatic carbocycles. The quantitative estimate of drug-likeness (QED) is 0.596. The van der Waals surface area contributed by atoms with Crippen molar-refractivity contribution >= 4 is 5.71 Å². The molecule has 3 nitrogen and oxygen atoms in total. The van der Waals surface area contributed by atoms with Crippen molar-refractivity contribution in [3.05, 3.63) is 0 Å². The van der Waals surface area contributed by atoms with E-state index >= 15 is 0 Å². The normalized spacial score (nSPS) is 22.6. The smallest absolute Gasteiger partial charge is 0.0485 e. The molecular formula is C22H47N3. The molecule has 0 bridgehead atoms. The van der Waals surface area contributed by atoms with Crippen molar-refractivity contribution < 1.29 is 0 Å². The SMILES string of the molecule is C.CC.CC(C)=NC(C)CC(C)N1CCC(N2CCCCCC2)CC1. The van der Waals surface area contributed by atoms with Crippen molar-refractivity contribution in [2.75, 3.05) is 26.2 Å². The molecule has 0 amide bonds. The Kier molecular flexibility index (Phi) is 13.5. The second-order valence-electron chi connectivity index (χ2n) is 7.73. The van der Waals surface area contributed by atoms with Gasteiger partial charge in [0.1, 0.15) is 0 Å². The van der Waals surface area contributed by atoms with E-state index in [0.717, 1.165) is 6.04 Å². The fourth-order valence-electron chi connectivity index (χ4n) is 4.29. The molecule has 0 N–H and O–H groups in total. The number of aliphatic imine (C=N–C) groups is 1. The maximum atomic E-state index is 4.69. The maximum Gasteiger partial charge on any atom is 0.0485 e. The maximum absolute atomic E-state index is 4.69. The molecule has 0 spiro atoms. The van der Waals surface area contributed by atoms with E-state index in [2.05, 4.69) is 37.5 Å². The first-order valence-corrected chi connectivity index (χ1v) is 10.6. The highest BCUT2D eigenvalue weighted by molar-refractivity contribution is 5.79. The highest BCUT2D eigenvalue weighted by Gasteiger charge is 2.27. The Labute approximate surface area is 159 Å². The van der Waals surface area contributed by atoms with E-state index in [4.69, 9.17) is 4.99 Å². The minimum absolute atomic E-state index is 0. The molecule has 2 aliphatic heterocycles. The number of likely N-dealkylation sites (tertiary alicyclic amines) is 2. The van der Waals surface area contributed by atoms with E-state index in [-0.39, 0.29) is 7.43 Å². The highest BCUT2D eigenvalue weighted by atomic mass is 15.2. The number of nitrogens with zero attached hydrogens (tertiary/aromatic N) is 3. The second kappa shape index (κ2) is 13.7. The van der Waals surface area contributed by atoms with Crippen LogP contribution < -0.4 is 0 Å². The van der Waals surface area contributed by atoms with Crippen LogP contribution in [0.4, 0.5) is 0 Å². The van der Waals surface area contributed by atoms with Crippen molar-refractivity contribution in [1.29, 1.82) is 0 Å². The van der Waals surface area contributed by atoms with E-state index < -0.39 is 0 Å². The number of rotatable bonds is 5. The van der Waals surface area contributed by atoms with Crippen molar-refractivity contribution in [1.82, 2.24) is 9.80 Å². The molecule has 0 aromatic rings. The Morgan fingerprint density at radius 1 is 0.920 bits per heavy atom. The number of hydrogen-bond donors (Lipinski definition) is 0. The molecule has 0 radical (unpaired) electrons. The van der Waals surface area contributed by atoms with Gasteiger partial charge in [0, 0.05) is 23.8 Å². The fraction of sp³-hybridized carbons (Fsp3) is 0.955. The van der Waals surface area contributed by atoms with Crippen LogP contribution >= 0.6 is 0 Å². The third kappa shape index (κ3) is 9.19. The lowest BCUT2D eigenvalue weighted by molar-refractivity contribution is 0.0857. The van der Waals surface area contributed by atoms with Gasteiger partial charge in [0.15, 0.2) is 0 Å². The molecule has 0 aromatic heterocycles. The van der Waals surface area contributed by atoms with E-state index in [1.54, 1.807) is 0 Å². The summed E-state index contributed by atoms with van der Waals surface area (Å²) < 4.78 is 0. The summed E-state index contributed by atoms with van der Waals surface area (Å²) in [6, 6.07) is 1.99. The van der Waals surface area contributed by atoms with Gasteiger partial charge in [0.05, 0.1) is 0 Å². The minimum atomic E-state index is 0. The average molecular weight is 354 g/mol. The molecule has 2 rings (SSSR count). The highest BCUT2D eigenvalue weighted by Crippen LogP contribution is 2.23. The van der Waals surface area contributed by atoms with Gasteiger partial charge in [-0.25, -0.2) is 0 Å². The van der Waals surface area contributed by atoms with Crippen molar-refractivity contribution in [2.24, 2.45) is 4.99 Å². The number of piperidine rings is 1. The predicted octanol–water partition coefficient (Wildman–Crippen LogP) is 5.64. The van der Waals surface area contributed by atoms with Gasteiger partial charge in [-0.15, -0.1) is 0 Å². The van der Waals surface area contributed by atoms with Crippen LogP contribution in [-0.4, -0.2) is 59.8 Å². The molecule has 3 heteroatoms. The molecule has 0 aromatic carbocycles. The largest absolute Gasteiger partial charge is 0.300 e. The Morgan fingerprint density at radius 3 is 1.92 bits per heavy atom. The van der Waals surface area contributed by atoms with Gasteiger partial charge in [-0.1, -0.05) is 34.1 Å². The Balaban J connectivity index is 0.00000185. The first-order chi connectivity index (χ1) is 11.6. The Hall–Kier alpha value is -0.410. The predicted molar refractivity (Wildman–Crippen MR) is 115 cm³/mol. The lowest BCUT2D eigenvalue weighted by Gasteiger charge is -2.40. The molecule has 2 fully saturated rings. The van der Waals surface area contributed by atoms with Crippen LogP contribution in [-0.2, 0) is 0 Å². The first-order valence-electron chi connectivity index (χ1n) is 10.6. The Morgan fingerprint density at radius 2 is 1.44 bits per heavy atom. The van der Waals surface area contributed by atoms with Gasteiger partial charge in [0.2, 0.25) is 0 Å². The summed E-state index contributed by atoms with van der Waals surface area (Å²) in [5.41, 5.74) is 1.21. The van der Waals surface area contributed by atoms with Crippen molar-refractivity contribution in [2.45, 2.75) is 112 Å². The third-order valence-corrected chi connectivity index (χ3v) is 5.44. The molecular weight excluding hydrogens is 306 g/mol. The fourth-order valence-corrected chi connectivity index (χ4v) is 4.29. The van der Waals surface area contributed by atoms with Crippen LogP contribution in [0.1, 0.15) is 93.9 Å². The van der Waals surface area contributed by atoms with Crippen LogP contribution in [0.3, 0.4) is 0 Å². The summed E-state index contributed by atoms with van der Waals surface area (Å²) in [7, 11) is 0. The standard InChI is InChI=1S/C19H37N3.C2H6.CH4/c1-16(2)20-17(3)15-18(4)21-13-9-19(10-14-21)22-11-7-5-6-8-12-22;1-2;/h17-19H,5-15H2,1-4H3;1-2H3;1H4. The van der Waals surface area contributed by atoms with Crippen molar-refractivity contribution in [3.63, 3.8) is 0 Å². The molecule has 2 saturated heterocycles. The molecule has 2 atom stereocenters. The van der Waals surface area contributed by atoms with Crippen LogP contribution in [0.2, 0.25) is 0 Å². The lowest BCUT2D eigenvalue weighted by Crippen LogP contribution is -2.48. The van der Waals surface area contributed by atoms with Gasteiger partial charge in [0.25, 0.3) is 0 Å². The lowest BCUT2D eigenvalue weighted by atomic mass is 9.99. The van der Waals surface area contributed by atoms with Gasteiger partial charge in [-0.2, -0.15) is 0 Å². The molecule has 150 valence electrons. The van der Waals surface area contributed by atoms with Crippen LogP contribution in [0.5, 0.6) is 0 Å². The van der Waals surface area contributed by atoms with Crippen LogP contribution in [0.15, 0.2) is 4.99 Å². The molecule has 0 saturated carbocycles. The molecule has 2 heterocycles. The van der Waals surface area contributed by atoms with Gasteiger partial charge >= 0.3 is 0 Å². The van der Waals surface area contributed by atoms with Gasteiger partial charge < -0.3 is 9.80 Å². The third-order valence-electron chi connectivity index (χ3n) is 5.44. The van der Waals surface area contributed by atoms with Crippen molar-refractivity contribution in [3.8, 4) is 0 Å². The molecule has 25 heavy (non-hydrogen) atoms. The monoisotopic (exact) mass is 353 g/mol.